The van der Waals surface area contributed by atoms with Crippen LogP contribution in [0.4, 0.5) is 0 Å². The molecule has 66 valence electrons. The van der Waals surface area contributed by atoms with Gasteiger partial charge in [-0.1, -0.05) is 19.3 Å². The van der Waals surface area contributed by atoms with Crippen LogP contribution >= 0.6 is 15.9 Å². The number of aromatic nitrogens is 2. The second-order valence-corrected chi connectivity index (χ2v) is 3.95. The zero-order chi connectivity index (χ0) is 8.39. The van der Waals surface area contributed by atoms with E-state index in [1.807, 2.05) is 0 Å². The van der Waals surface area contributed by atoms with Gasteiger partial charge in [0.05, 0.1) is 0 Å². The van der Waals surface area contributed by atoms with Gasteiger partial charge in [0.15, 0.2) is 0 Å². The van der Waals surface area contributed by atoms with Gasteiger partial charge in [-0.3, -0.25) is 0 Å². The van der Waals surface area contributed by atoms with Crippen molar-refractivity contribution in [3.8, 4) is 0 Å². The van der Waals surface area contributed by atoms with E-state index >= 15 is 0 Å². The Morgan fingerprint density at radius 2 is 2.00 bits per heavy atom. The predicted octanol–water partition coefficient (Wildman–Crippen LogP) is 2.88. The summed E-state index contributed by atoms with van der Waals surface area (Å²) >= 11 is 3.18. The Morgan fingerprint density at radius 1 is 1.25 bits per heavy atom. The Balaban J connectivity index is 2.08. The van der Waals surface area contributed by atoms with Crippen molar-refractivity contribution >= 4 is 15.9 Å². The third-order valence-electron chi connectivity index (χ3n) is 2.37. The first-order chi connectivity index (χ1) is 5.86. The highest BCUT2D eigenvalue weighted by molar-refractivity contribution is 9.10. The number of rotatable bonds is 1. The van der Waals surface area contributed by atoms with E-state index in [1.54, 1.807) is 0 Å². The van der Waals surface area contributed by atoms with Crippen LogP contribution in [0.3, 0.4) is 0 Å². The Labute approximate surface area is 79.7 Å². The summed E-state index contributed by atoms with van der Waals surface area (Å²) in [5.41, 5.74) is 0. The maximum absolute atomic E-state index is 5.10. The number of halogens is 1. The van der Waals surface area contributed by atoms with Gasteiger partial charge in [-0.25, -0.2) is 0 Å². The van der Waals surface area contributed by atoms with Gasteiger partial charge in [-0.05, 0) is 33.9 Å². The summed E-state index contributed by atoms with van der Waals surface area (Å²) in [6, 6.07) is 0. The summed E-state index contributed by atoms with van der Waals surface area (Å²) in [7, 11) is 0. The first kappa shape index (κ1) is 8.23. The third kappa shape index (κ3) is 1.68. The van der Waals surface area contributed by atoms with Crippen LogP contribution in [-0.4, -0.2) is 10.1 Å². The predicted molar refractivity (Wildman–Crippen MR) is 47.8 cm³/mol. The maximum atomic E-state index is 5.10. The van der Waals surface area contributed by atoms with Crippen LogP contribution in [0.5, 0.6) is 0 Å². The summed E-state index contributed by atoms with van der Waals surface area (Å²) in [4.78, 5) is 4.17. The van der Waals surface area contributed by atoms with E-state index in [0.29, 0.717) is 10.7 Å². The standard InChI is InChI=1S/C8H11BrN2O/c9-8-10-7(12-11-8)6-4-2-1-3-5-6/h6H,1-5H2. The number of nitrogens with zero attached hydrogens (tertiary/aromatic N) is 2. The molecule has 0 aliphatic heterocycles. The molecule has 0 amide bonds. The van der Waals surface area contributed by atoms with Crippen molar-refractivity contribution in [1.82, 2.24) is 10.1 Å². The molecule has 1 aromatic rings. The zero-order valence-corrected chi connectivity index (χ0v) is 8.38. The minimum atomic E-state index is 0.512. The Kier molecular flexibility index (Phi) is 2.44. The van der Waals surface area contributed by atoms with Crippen LogP contribution in [-0.2, 0) is 0 Å². The summed E-state index contributed by atoms with van der Waals surface area (Å²) in [6.45, 7) is 0. The average Bonchev–Trinajstić information content (AvgIpc) is 2.54. The van der Waals surface area contributed by atoms with Gasteiger partial charge in [0.1, 0.15) is 0 Å². The van der Waals surface area contributed by atoms with Crippen LogP contribution < -0.4 is 0 Å². The molecular formula is C8H11BrN2O. The van der Waals surface area contributed by atoms with Crippen molar-refractivity contribution in [3.63, 3.8) is 0 Å². The van der Waals surface area contributed by atoms with Gasteiger partial charge in [0.25, 0.3) is 0 Å². The Bertz CT molecular complexity index is 255. The highest BCUT2D eigenvalue weighted by Gasteiger charge is 2.20. The molecule has 3 nitrogen and oxygen atoms in total. The summed E-state index contributed by atoms with van der Waals surface area (Å²) in [6.07, 6.45) is 6.35. The Morgan fingerprint density at radius 3 is 2.58 bits per heavy atom. The number of hydrogen-bond donors (Lipinski definition) is 0. The molecule has 0 N–H and O–H groups in total. The molecule has 0 spiro atoms. The van der Waals surface area contributed by atoms with E-state index in [4.69, 9.17) is 4.52 Å². The second kappa shape index (κ2) is 3.56. The van der Waals surface area contributed by atoms with Crippen LogP contribution in [0.2, 0.25) is 0 Å². The lowest BCUT2D eigenvalue weighted by molar-refractivity contribution is 0.313. The normalized spacial score (nSPS) is 19.8. The molecule has 1 aliphatic carbocycles. The first-order valence-corrected chi connectivity index (χ1v) is 5.14. The molecule has 0 radical (unpaired) electrons. The quantitative estimate of drug-likeness (QED) is 0.745. The maximum Gasteiger partial charge on any atom is 0.238 e. The third-order valence-corrected chi connectivity index (χ3v) is 2.69. The zero-order valence-electron chi connectivity index (χ0n) is 6.79. The van der Waals surface area contributed by atoms with Crippen molar-refractivity contribution in [2.45, 2.75) is 38.0 Å². The van der Waals surface area contributed by atoms with Gasteiger partial charge in [-0.2, -0.15) is 4.98 Å². The first-order valence-electron chi connectivity index (χ1n) is 4.35. The fraction of sp³-hybridized carbons (Fsp3) is 0.750. The minimum absolute atomic E-state index is 0.512. The molecule has 1 heterocycles. The van der Waals surface area contributed by atoms with E-state index in [-0.39, 0.29) is 0 Å². The molecule has 0 unspecified atom stereocenters. The van der Waals surface area contributed by atoms with Crippen LogP contribution in [0.15, 0.2) is 9.26 Å². The summed E-state index contributed by atoms with van der Waals surface area (Å²) in [5.74, 6) is 1.32. The van der Waals surface area contributed by atoms with Crippen molar-refractivity contribution in [2.75, 3.05) is 0 Å². The lowest BCUT2D eigenvalue weighted by atomic mass is 9.89. The molecular weight excluding hydrogens is 220 g/mol. The molecule has 0 atom stereocenters. The fourth-order valence-corrected chi connectivity index (χ4v) is 1.98. The Hall–Kier alpha value is -0.380. The number of hydrogen-bond acceptors (Lipinski definition) is 3. The van der Waals surface area contributed by atoms with E-state index in [0.717, 1.165) is 5.89 Å². The molecule has 0 saturated heterocycles. The molecule has 0 bridgehead atoms. The lowest BCUT2D eigenvalue weighted by Gasteiger charge is -2.16. The van der Waals surface area contributed by atoms with Crippen molar-refractivity contribution in [3.05, 3.63) is 10.6 Å². The molecule has 4 heteroatoms. The van der Waals surface area contributed by atoms with E-state index in [2.05, 4.69) is 26.1 Å². The minimum Gasteiger partial charge on any atom is -0.338 e. The van der Waals surface area contributed by atoms with E-state index in [9.17, 15) is 0 Å². The second-order valence-electron chi connectivity index (χ2n) is 3.24. The van der Waals surface area contributed by atoms with Crippen molar-refractivity contribution in [1.29, 1.82) is 0 Å². The van der Waals surface area contributed by atoms with Gasteiger partial charge in [0, 0.05) is 5.92 Å². The molecule has 1 saturated carbocycles. The molecule has 1 aliphatic rings. The van der Waals surface area contributed by atoms with E-state index in [1.165, 1.54) is 32.1 Å². The highest BCUT2D eigenvalue weighted by atomic mass is 79.9. The van der Waals surface area contributed by atoms with Crippen LogP contribution in [0.25, 0.3) is 0 Å². The molecule has 2 rings (SSSR count). The summed E-state index contributed by atoms with van der Waals surface area (Å²) in [5, 5.41) is 3.72. The van der Waals surface area contributed by atoms with Gasteiger partial charge in [-0.15, -0.1) is 0 Å². The molecule has 0 aromatic carbocycles. The summed E-state index contributed by atoms with van der Waals surface area (Å²) < 4.78 is 5.67. The molecule has 1 aromatic heterocycles. The largest absolute Gasteiger partial charge is 0.338 e. The smallest absolute Gasteiger partial charge is 0.238 e. The topological polar surface area (TPSA) is 38.9 Å². The molecule has 1 fully saturated rings. The van der Waals surface area contributed by atoms with Crippen molar-refractivity contribution in [2.24, 2.45) is 0 Å². The van der Waals surface area contributed by atoms with Crippen molar-refractivity contribution < 1.29 is 4.52 Å². The fourth-order valence-electron chi connectivity index (χ4n) is 1.73. The van der Waals surface area contributed by atoms with E-state index < -0.39 is 0 Å². The van der Waals surface area contributed by atoms with Gasteiger partial charge >= 0.3 is 0 Å². The van der Waals surface area contributed by atoms with Gasteiger partial charge in [0.2, 0.25) is 10.6 Å². The lowest BCUT2D eigenvalue weighted by Crippen LogP contribution is -2.04. The SMILES string of the molecule is Brc1noc(C2CCCCC2)n1. The highest BCUT2D eigenvalue weighted by Crippen LogP contribution is 2.31. The molecule has 12 heavy (non-hydrogen) atoms. The van der Waals surface area contributed by atoms with Gasteiger partial charge < -0.3 is 4.52 Å². The monoisotopic (exact) mass is 230 g/mol. The van der Waals surface area contributed by atoms with Crippen LogP contribution in [0.1, 0.15) is 43.9 Å². The average molecular weight is 231 g/mol. The van der Waals surface area contributed by atoms with Crippen LogP contribution in [0, 0.1) is 0 Å².